The Bertz CT molecular complexity index is 815. The molecule has 0 saturated carbocycles. The van der Waals surface area contributed by atoms with E-state index in [1.165, 1.54) is 0 Å². The second-order valence-electron chi connectivity index (χ2n) is 11.0. The molecule has 0 fully saturated rings. The average Bonchev–Trinajstić information content (AvgIpc) is 3.29. The molecule has 0 aromatic carbocycles. The van der Waals surface area contributed by atoms with Gasteiger partial charge in [0, 0.05) is 51.1 Å². The molecule has 3 atom stereocenters. The van der Waals surface area contributed by atoms with Gasteiger partial charge in [0.05, 0.1) is 29.2 Å². The van der Waals surface area contributed by atoms with Crippen LogP contribution in [-0.2, 0) is 29.2 Å². The highest BCUT2D eigenvalue weighted by atomic mass is 32.2. The second kappa shape index (κ2) is 9.77. The van der Waals surface area contributed by atoms with E-state index in [-0.39, 0.29) is 14.2 Å². The van der Waals surface area contributed by atoms with Crippen molar-refractivity contribution < 1.29 is 12.6 Å². The van der Waals surface area contributed by atoms with E-state index in [2.05, 4.69) is 13.1 Å². The molecule has 30 heavy (non-hydrogen) atoms. The molecule has 3 aliphatic rings. The Balaban J connectivity index is 0.000000225. The maximum atomic E-state index is 11.8. The van der Waals surface area contributed by atoms with Gasteiger partial charge < -0.3 is 0 Å². The van der Waals surface area contributed by atoms with E-state index in [0.717, 1.165) is 56.2 Å². The van der Waals surface area contributed by atoms with Gasteiger partial charge in [0.25, 0.3) is 0 Å². The van der Waals surface area contributed by atoms with Gasteiger partial charge in [0.1, 0.15) is 0 Å². The minimum absolute atomic E-state index is 0.122. The standard InChI is InChI=1S/3C7H15NOS/c3*1-7(2,3)10(9)6-4-5-8-10/h3*4-6H2,1-3H3/t2*10-;/m00./s1. The first-order valence-electron chi connectivity index (χ1n) is 11.0. The number of hydrogen-bond acceptors (Lipinski definition) is 6. The molecule has 1 unspecified atom stereocenters. The fourth-order valence-corrected chi connectivity index (χ4v) is 9.33. The van der Waals surface area contributed by atoms with Crippen LogP contribution in [-0.4, -0.2) is 63.8 Å². The topological polar surface area (TPSA) is 88.3 Å². The highest BCUT2D eigenvalue weighted by molar-refractivity contribution is 7.95. The Labute approximate surface area is 187 Å². The lowest BCUT2D eigenvalue weighted by atomic mass is 10.3. The van der Waals surface area contributed by atoms with Crippen molar-refractivity contribution in [1.82, 2.24) is 0 Å². The lowest BCUT2D eigenvalue weighted by Crippen LogP contribution is -2.27. The predicted octanol–water partition coefficient (Wildman–Crippen LogP) is 4.97. The zero-order valence-electron chi connectivity index (χ0n) is 20.7. The summed E-state index contributed by atoms with van der Waals surface area (Å²) in [5.41, 5.74) is 0. The van der Waals surface area contributed by atoms with E-state index in [9.17, 15) is 12.6 Å². The molecule has 0 aromatic heterocycles. The van der Waals surface area contributed by atoms with Gasteiger partial charge in [-0.1, -0.05) is 0 Å². The minimum atomic E-state index is -1.84. The number of nitrogens with zero attached hydrogens (tertiary/aromatic N) is 3. The zero-order chi connectivity index (χ0) is 23.5. The third-order valence-electron chi connectivity index (χ3n) is 5.51. The Morgan fingerprint density at radius 1 is 0.467 bits per heavy atom. The molecule has 3 rings (SSSR count). The molecule has 6 nitrogen and oxygen atoms in total. The summed E-state index contributed by atoms with van der Waals surface area (Å²) in [6, 6.07) is 0. The van der Waals surface area contributed by atoms with Crippen molar-refractivity contribution in [1.29, 1.82) is 0 Å². The van der Waals surface area contributed by atoms with Gasteiger partial charge in [0.15, 0.2) is 0 Å². The van der Waals surface area contributed by atoms with Gasteiger partial charge in [-0.25, -0.2) is 25.7 Å². The van der Waals surface area contributed by atoms with Crippen molar-refractivity contribution in [2.45, 2.75) is 95.8 Å². The summed E-state index contributed by atoms with van der Waals surface area (Å²) in [6.07, 6.45) is 3.03. The molecular weight excluding hydrogens is 438 g/mol. The van der Waals surface area contributed by atoms with Crippen LogP contribution in [0.1, 0.15) is 81.6 Å². The van der Waals surface area contributed by atoms with Crippen molar-refractivity contribution in [3.8, 4) is 0 Å². The molecular formula is C21H45N3O3S3. The Hall–Kier alpha value is -0.150. The molecule has 0 aliphatic carbocycles. The fraction of sp³-hybridized carbons (Fsp3) is 1.00. The number of rotatable bonds is 0. The van der Waals surface area contributed by atoms with Crippen molar-refractivity contribution in [2.24, 2.45) is 13.1 Å². The van der Waals surface area contributed by atoms with Crippen molar-refractivity contribution in [3.63, 3.8) is 0 Å². The highest BCUT2D eigenvalue weighted by Crippen LogP contribution is 2.25. The molecule has 0 N–H and O–H groups in total. The van der Waals surface area contributed by atoms with E-state index in [1.54, 1.807) is 0 Å². The smallest absolute Gasteiger partial charge is 0.0518 e. The van der Waals surface area contributed by atoms with Gasteiger partial charge in [-0.2, -0.15) is 0 Å². The monoisotopic (exact) mass is 483 g/mol. The lowest BCUT2D eigenvalue weighted by Gasteiger charge is -2.20. The molecule has 0 spiro atoms. The molecule has 9 heteroatoms. The van der Waals surface area contributed by atoms with Gasteiger partial charge in [-0.05, 0) is 81.6 Å². The Morgan fingerprint density at radius 2 is 0.667 bits per heavy atom. The third kappa shape index (κ3) is 6.92. The first-order chi connectivity index (χ1) is 13.4. The highest BCUT2D eigenvalue weighted by Gasteiger charge is 2.30. The summed E-state index contributed by atoms with van der Waals surface area (Å²) in [5.74, 6) is 2.41. The summed E-state index contributed by atoms with van der Waals surface area (Å²) in [5, 5.41) is 0. The quantitative estimate of drug-likeness (QED) is 0.487. The van der Waals surface area contributed by atoms with Gasteiger partial charge >= 0.3 is 0 Å². The molecule has 0 aromatic rings. The molecule has 3 heterocycles. The average molecular weight is 484 g/mol. The Morgan fingerprint density at radius 3 is 0.733 bits per heavy atom. The molecule has 0 radical (unpaired) electrons. The van der Waals surface area contributed by atoms with Crippen LogP contribution in [0.5, 0.6) is 0 Å². The molecule has 0 amide bonds. The largest absolute Gasteiger partial charge is 0.249 e. The molecule has 3 aliphatic heterocycles. The summed E-state index contributed by atoms with van der Waals surface area (Å²) in [6.45, 7) is 20.4. The van der Waals surface area contributed by atoms with Gasteiger partial charge in [-0.15, -0.1) is 0 Å². The molecule has 0 saturated heterocycles. The maximum Gasteiger partial charge on any atom is 0.0518 e. The van der Waals surface area contributed by atoms with Crippen LogP contribution in [0.2, 0.25) is 0 Å². The lowest BCUT2D eigenvalue weighted by molar-refractivity contribution is 0.642. The number of hydrogen-bond donors (Lipinski definition) is 0. The van der Waals surface area contributed by atoms with E-state index in [4.69, 9.17) is 0 Å². The fourth-order valence-electron chi connectivity index (χ4n) is 3.11. The van der Waals surface area contributed by atoms with Crippen LogP contribution in [0.4, 0.5) is 0 Å². The van der Waals surface area contributed by atoms with Gasteiger partial charge in [-0.3, -0.25) is 0 Å². The zero-order valence-corrected chi connectivity index (χ0v) is 23.1. The molecule has 0 bridgehead atoms. The minimum Gasteiger partial charge on any atom is -0.249 e. The maximum absolute atomic E-state index is 11.8. The van der Waals surface area contributed by atoms with Crippen LogP contribution in [0.25, 0.3) is 0 Å². The van der Waals surface area contributed by atoms with Crippen LogP contribution in [0.3, 0.4) is 0 Å². The van der Waals surface area contributed by atoms with Crippen LogP contribution in [0.15, 0.2) is 13.1 Å². The first kappa shape index (κ1) is 27.9. The van der Waals surface area contributed by atoms with Crippen LogP contribution < -0.4 is 0 Å². The van der Waals surface area contributed by atoms with Crippen molar-refractivity contribution >= 4 is 29.2 Å². The summed E-state index contributed by atoms with van der Waals surface area (Å²) < 4.78 is 47.7. The molecule has 180 valence electrons. The summed E-state index contributed by atoms with van der Waals surface area (Å²) in [4.78, 5) is 0. The summed E-state index contributed by atoms with van der Waals surface area (Å²) in [7, 11) is -5.53. The SMILES string of the molecule is CC(C)(C)S1(=O)=NCCC1.CC(C)(C)[S@]1(=O)=NCCC1.CC(C)(C)[S@]1(=O)=NCCC1. The first-order valence-corrected chi connectivity index (χ1v) is 16.0. The summed E-state index contributed by atoms with van der Waals surface area (Å²) >= 11 is 0. The van der Waals surface area contributed by atoms with E-state index in [1.807, 2.05) is 62.3 Å². The Kier molecular flexibility index (Phi) is 9.08. The van der Waals surface area contributed by atoms with Crippen molar-refractivity contribution in [3.05, 3.63) is 0 Å². The van der Waals surface area contributed by atoms with E-state index >= 15 is 0 Å². The van der Waals surface area contributed by atoms with Crippen molar-refractivity contribution in [2.75, 3.05) is 36.9 Å². The van der Waals surface area contributed by atoms with E-state index in [0.29, 0.717) is 0 Å². The third-order valence-corrected chi connectivity index (χ3v) is 15.6. The second-order valence-corrected chi connectivity index (χ2v) is 20.5. The van der Waals surface area contributed by atoms with Crippen LogP contribution >= 0.6 is 0 Å². The van der Waals surface area contributed by atoms with Gasteiger partial charge in [0.2, 0.25) is 0 Å². The van der Waals surface area contributed by atoms with E-state index < -0.39 is 29.2 Å². The van der Waals surface area contributed by atoms with Crippen LogP contribution in [0, 0.1) is 0 Å². The normalized spacial score (nSPS) is 33.9. The predicted molar refractivity (Wildman–Crippen MR) is 134 cm³/mol.